The van der Waals surface area contributed by atoms with Crippen molar-refractivity contribution < 1.29 is 9.50 Å². The Morgan fingerprint density at radius 1 is 1.35 bits per heavy atom. The van der Waals surface area contributed by atoms with E-state index in [4.69, 9.17) is 0 Å². The van der Waals surface area contributed by atoms with Crippen LogP contribution >= 0.6 is 0 Å². The minimum absolute atomic E-state index is 0.0478. The number of aromatic nitrogens is 2. The van der Waals surface area contributed by atoms with Crippen LogP contribution in [0.25, 0.3) is 10.9 Å². The molecule has 1 aromatic heterocycles. The quantitative estimate of drug-likeness (QED) is 0.853. The third-order valence-corrected chi connectivity index (χ3v) is 2.47. The van der Waals surface area contributed by atoms with Gasteiger partial charge in [-0.05, 0) is 26.0 Å². The van der Waals surface area contributed by atoms with E-state index in [1.54, 1.807) is 12.1 Å². The van der Waals surface area contributed by atoms with Gasteiger partial charge in [0.25, 0.3) is 0 Å². The summed E-state index contributed by atoms with van der Waals surface area (Å²) in [5.41, 5.74) is -0.244. The van der Waals surface area contributed by atoms with Gasteiger partial charge in [-0.1, -0.05) is 6.07 Å². The van der Waals surface area contributed by atoms with Gasteiger partial charge in [0, 0.05) is 5.39 Å². The van der Waals surface area contributed by atoms with Crippen molar-refractivity contribution in [3.8, 4) is 0 Å². The number of para-hydroxylation sites is 1. The first-order valence-corrected chi connectivity index (χ1v) is 5.32. The maximum absolute atomic E-state index is 13.5. The molecule has 1 aromatic carbocycles. The summed E-state index contributed by atoms with van der Waals surface area (Å²) in [6.07, 6.45) is 1.31. The number of hydrogen-bond acceptors (Lipinski definition) is 4. The van der Waals surface area contributed by atoms with Crippen molar-refractivity contribution in [2.24, 2.45) is 0 Å². The van der Waals surface area contributed by atoms with Crippen LogP contribution < -0.4 is 5.32 Å². The number of halogens is 1. The molecule has 0 fully saturated rings. The third-order valence-electron chi connectivity index (χ3n) is 2.47. The van der Waals surface area contributed by atoms with Crippen LogP contribution in [0.15, 0.2) is 24.5 Å². The Kier molecular flexibility index (Phi) is 2.93. The van der Waals surface area contributed by atoms with Gasteiger partial charge < -0.3 is 10.4 Å². The first-order valence-electron chi connectivity index (χ1n) is 5.32. The standard InChI is InChI=1S/C12H14FN3O/c1-12(2,6-17)16-11-8-4-3-5-9(13)10(8)14-7-15-11/h3-5,7,17H,6H2,1-2H3,(H,14,15,16). The fourth-order valence-corrected chi connectivity index (χ4v) is 1.51. The summed E-state index contributed by atoms with van der Waals surface area (Å²) in [5.74, 6) is 0.142. The predicted octanol–water partition coefficient (Wildman–Crippen LogP) is 1.95. The summed E-state index contributed by atoms with van der Waals surface area (Å²) in [7, 11) is 0. The van der Waals surface area contributed by atoms with Gasteiger partial charge in [0.05, 0.1) is 12.1 Å². The summed E-state index contributed by atoms with van der Waals surface area (Å²) in [6.45, 7) is 3.62. The van der Waals surface area contributed by atoms with E-state index < -0.39 is 5.54 Å². The average molecular weight is 235 g/mol. The zero-order valence-corrected chi connectivity index (χ0v) is 9.74. The summed E-state index contributed by atoms with van der Waals surface area (Å²) in [6, 6.07) is 4.71. The molecule has 5 heteroatoms. The summed E-state index contributed by atoms with van der Waals surface area (Å²) in [5, 5.41) is 12.9. The number of rotatable bonds is 3. The first-order chi connectivity index (χ1) is 8.03. The van der Waals surface area contributed by atoms with Crippen molar-refractivity contribution in [2.45, 2.75) is 19.4 Å². The topological polar surface area (TPSA) is 58.0 Å². The Balaban J connectivity index is 2.52. The highest BCUT2D eigenvalue weighted by Crippen LogP contribution is 2.23. The lowest BCUT2D eigenvalue weighted by atomic mass is 10.1. The third kappa shape index (κ3) is 2.34. The van der Waals surface area contributed by atoms with Crippen LogP contribution in [0.2, 0.25) is 0 Å². The van der Waals surface area contributed by atoms with E-state index in [0.29, 0.717) is 11.2 Å². The predicted molar refractivity (Wildman–Crippen MR) is 64.3 cm³/mol. The highest BCUT2D eigenvalue weighted by Gasteiger charge is 2.18. The van der Waals surface area contributed by atoms with Gasteiger partial charge in [-0.25, -0.2) is 14.4 Å². The van der Waals surface area contributed by atoms with Gasteiger partial charge in [-0.2, -0.15) is 0 Å². The number of anilines is 1. The number of aliphatic hydroxyl groups is 1. The molecular formula is C12H14FN3O. The molecule has 0 aliphatic carbocycles. The summed E-state index contributed by atoms with van der Waals surface area (Å²) >= 11 is 0. The largest absolute Gasteiger partial charge is 0.394 e. The van der Waals surface area contributed by atoms with E-state index >= 15 is 0 Å². The van der Waals surface area contributed by atoms with Crippen LogP contribution in [0.4, 0.5) is 10.2 Å². The molecule has 90 valence electrons. The zero-order valence-electron chi connectivity index (χ0n) is 9.74. The van der Waals surface area contributed by atoms with Crippen molar-refractivity contribution in [2.75, 3.05) is 11.9 Å². The Morgan fingerprint density at radius 2 is 2.12 bits per heavy atom. The number of fused-ring (bicyclic) bond motifs is 1. The molecule has 0 aliphatic heterocycles. The molecule has 17 heavy (non-hydrogen) atoms. The van der Waals surface area contributed by atoms with Crippen molar-refractivity contribution in [1.82, 2.24) is 9.97 Å². The fourth-order valence-electron chi connectivity index (χ4n) is 1.51. The van der Waals surface area contributed by atoms with Crippen LogP contribution in [0, 0.1) is 5.82 Å². The van der Waals surface area contributed by atoms with Crippen LogP contribution in [-0.4, -0.2) is 27.2 Å². The maximum Gasteiger partial charge on any atom is 0.149 e. The van der Waals surface area contributed by atoms with Gasteiger partial charge in [0.2, 0.25) is 0 Å². The lowest BCUT2D eigenvalue weighted by Gasteiger charge is -2.24. The fraction of sp³-hybridized carbons (Fsp3) is 0.333. The van der Waals surface area contributed by atoms with Crippen molar-refractivity contribution in [3.05, 3.63) is 30.3 Å². The van der Waals surface area contributed by atoms with Gasteiger partial charge in [0.1, 0.15) is 23.5 Å². The highest BCUT2D eigenvalue weighted by molar-refractivity contribution is 5.89. The van der Waals surface area contributed by atoms with E-state index in [2.05, 4.69) is 15.3 Å². The summed E-state index contributed by atoms with van der Waals surface area (Å²) in [4.78, 5) is 7.99. The van der Waals surface area contributed by atoms with Crippen LogP contribution in [0.5, 0.6) is 0 Å². The molecule has 1 heterocycles. The Morgan fingerprint density at radius 3 is 2.82 bits per heavy atom. The van der Waals surface area contributed by atoms with Crippen molar-refractivity contribution >= 4 is 16.7 Å². The summed E-state index contributed by atoms with van der Waals surface area (Å²) < 4.78 is 13.5. The number of nitrogens with one attached hydrogen (secondary N) is 1. The Bertz CT molecular complexity index is 542. The van der Waals surface area contributed by atoms with Gasteiger partial charge in [-0.15, -0.1) is 0 Å². The van der Waals surface area contributed by atoms with E-state index in [1.165, 1.54) is 12.4 Å². The molecule has 2 rings (SSSR count). The molecule has 0 bridgehead atoms. The molecule has 0 radical (unpaired) electrons. The van der Waals surface area contributed by atoms with Crippen LogP contribution in [0.1, 0.15) is 13.8 Å². The minimum Gasteiger partial charge on any atom is -0.394 e. The van der Waals surface area contributed by atoms with Gasteiger partial charge in [-0.3, -0.25) is 0 Å². The first kappa shape index (κ1) is 11.7. The number of aliphatic hydroxyl groups excluding tert-OH is 1. The molecule has 4 nitrogen and oxygen atoms in total. The molecule has 0 aliphatic rings. The lowest BCUT2D eigenvalue weighted by molar-refractivity contribution is 0.234. The average Bonchev–Trinajstić information content (AvgIpc) is 2.30. The van der Waals surface area contributed by atoms with E-state index in [-0.39, 0.29) is 17.9 Å². The number of nitrogens with zero attached hydrogens (tertiary/aromatic N) is 2. The number of benzene rings is 1. The Labute approximate surface area is 98.5 Å². The van der Waals surface area contributed by atoms with Crippen LogP contribution in [0.3, 0.4) is 0 Å². The van der Waals surface area contributed by atoms with Gasteiger partial charge in [0.15, 0.2) is 0 Å². The highest BCUT2D eigenvalue weighted by atomic mass is 19.1. The lowest BCUT2D eigenvalue weighted by Crippen LogP contribution is -2.35. The van der Waals surface area contributed by atoms with E-state index in [9.17, 15) is 9.50 Å². The second kappa shape index (κ2) is 4.25. The zero-order chi connectivity index (χ0) is 12.5. The molecule has 0 saturated heterocycles. The molecule has 2 N–H and O–H groups in total. The second-order valence-electron chi connectivity index (χ2n) is 4.53. The van der Waals surface area contributed by atoms with E-state index in [0.717, 1.165) is 0 Å². The second-order valence-corrected chi connectivity index (χ2v) is 4.53. The van der Waals surface area contributed by atoms with Crippen LogP contribution in [-0.2, 0) is 0 Å². The van der Waals surface area contributed by atoms with E-state index in [1.807, 2.05) is 13.8 Å². The Hall–Kier alpha value is -1.75. The smallest absolute Gasteiger partial charge is 0.149 e. The molecular weight excluding hydrogens is 221 g/mol. The number of hydrogen-bond donors (Lipinski definition) is 2. The minimum atomic E-state index is -0.520. The van der Waals surface area contributed by atoms with Crippen molar-refractivity contribution in [1.29, 1.82) is 0 Å². The van der Waals surface area contributed by atoms with Crippen molar-refractivity contribution in [3.63, 3.8) is 0 Å². The normalized spacial score (nSPS) is 11.8. The maximum atomic E-state index is 13.5. The molecule has 0 saturated carbocycles. The molecule has 0 unspecified atom stereocenters. The van der Waals surface area contributed by atoms with Gasteiger partial charge >= 0.3 is 0 Å². The molecule has 0 atom stereocenters. The molecule has 0 spiro atoms. The monoisotopic (exact) mass is 235 g/mol. The molecule has 0 amide bonds. The molecule has 2 aromatic rings. The SMILES string of the molecule is CC(C)(CO)Nc1ncnc2c(F)cccc12.